The minimum atomic E-state index is -0.221. The summed E-state index contributed by atoms with van der Waals surface area (Å²) in [5.41, 5.74) is 0.872. The molecule has 2 unspecified atom stereocenters. The summed E-state index contributed by atoms with van der Waals surface area (Å²) in [7, 11) is 0. The van der Waals surface area contributed by atoms with Crippen molar-refractivity contribution in [3.63, 3.8) is 0 Å². The third-order valence-corrected chi connectivity index (χ3v) is 4.77. The molecule has 0 bridgehead atoms. The molecular formula is C21H34O3. The summed E-state index contributed by atoms with van der Waals surface area (Å²) in [5.74, 6) is -0.0986. The molecule has 0 saturated carbocycles. The van der Waals surface area contributed by atoms with Gasteiger partial charge in [0, 0.05) is 6.42 Å². The van der Waals surface area contributed by atoms with Gasteiger partial charge in [-0.05, 0) is 44.6 Å². The summed E-state index contributed by atoms with van der Waals surface area (Å²) in [6.45, 7) is 8.21. The van der Waals surface area contributed by atoms with Crippen molar-refractivity contribution < 1.29 is 14.3 Å². The molecule has 0 fully saturated rings. The molecule has 3 heteroatoms. The van der Waals surface area contributed by atoms with Gasteiger partial charge in [-0.3, -0.25) is 9.59 Å². The summed E-state index contributed by atoms with van der Waals surface area (Å²) in [5, 5.41) is 0. The highest BCUT2D eigenvalue weighted by Crippen LogP contribution is 2.33. The highest BCUT2D eigenvalue weighted by atomic mass is 16.5. The first-order chi connectivity index (χ1) is 11.6. The minimum Gasteiger partial charge on any atom is -0.465 e. The van der Waals surface area contributed by atoms with Crippen LogP contribution in [0.4, 0.5) is 0 Å². The molecule has 0 aliphatic heterocycles. The van der Waals surface area contributed by atoms with Gasteiger partial charge in [-0.2, -0.15) is 0 Å². The smallest absolute Gasteiger partial charge is 0.313 e. The molecule has 0 spiro atoms. The monoisotopic (exact) mass is 334 g/mol. The molecule has 1 aliphatic rings. The second kappa shape index (κ2) is 12.0. The Kier molecular flexibility index (Phi) is 10.4. The van der Waals surface area contributed by atoms with Crippen molar-refractivity contribution in [3.8, 4) is 0 Å². The van der Waals surface area contributed by atoms with Crippen molar-refractivity contribution in [2.45, 2.75) is 78.1 Å². The number of rotatable bonds is 12. The molecule has 1 rings (SSSR count). The van der Waals surface area contributed by atoms with E-state index in [0.717, 1.165) is 37.7 Å². The molecule has 0 radical (unpaired) electrons. The Bertz CT molecular complexity index is 436. The average molecular weight is 335 g/mol. The topological polar surface area (TPSA) is 43.4 Å². The van der Waals surface area contributed by atoms with Crippen molar-refractivity contribution in [2.24, 2.45) is 11.8 Å². The lowest BCUT2D eigenvalue weighted by atomic mass is 9.76. The molecule has 2 atom stereocenters. The van der Waals surface area contributed by atoms with Crippen LogP contribution in [0.15, 0.2) is 24.3 Å². The SMILES string of the molecule is C=CCCCCCCCCOC(=O)C1C(C)=CC(=O)CC1CCC. The van der Waals surface area contributed by atoms with Gasteiger partial charge in [-0.15, -0.1) is 6.58 Å². The van der Waals surface area contributed by atoms with Crippen LogP contribution in [0.2, 0.25) is 0 Å². The number of ether oxygens (including phenoxy) is 1. The lowest BCUT2D eigenvalue weighted by molar-refractivity contribution is -0.149. The van der Waals surface area contributed by atoms with Gasteiger partial charge in [0.1, 0.15) is 0 Å². The largest absolute Gasteiger partial charge is 0.465 e. The van der Waals surface area contributed by atoms with Crippen molar-refractivity contribution in [3.05, 3.63) is 24.3 Å². The van der Waals surface area contributed by atoms with E-state index < -0.39 is 0 Å². The first-order valence-electron chi connectivity index (χ1n) is 9.58. The van der Waals surface area contributed by atoms with E-state index in [1.54, 1.807) is 6.08 Å². The summed E-state index contributed by atoms with van der Waals surface area (Å²) in [6, 6.07) is 0. The number of allylic oxidation sites excluding steroid dienone is 2. The molecular weight excluding hydrogens is 300 g/mol. The van der Waals surface area contributed by atoms with Crippen LogP contribution in [0.1, 0.15) is 78.1 Å². The molecule has 0 saturated heterocycles. The predicted octanol–water partition coefficient (Wildman–Crippen LogP) is 5.40. The summed E-state index contributed by atoms with van der Waals surface area (Å²) in [4.78, 5) is 24.1. The minimum absolute atomic E-state index is 0.116. The van der Waals surface area contributed by atoms with Crippen LogP contribution in [0.3, 0.4) is 0 Å². The van der Waals surface area contributed by atoms with E-state index in [1.807, 2.05) is 13.0 Å². The lowest BCUT2D eigenvalue weighted by Gasteiger charge is -2.28. The third kappa shape index (κ3) is 7.46. The van der Waals surface area contributed by atoms with Gasteiger partial charge < -0.3 is 4.74 Å². The highest BCUT2D eigenvalue weighted by molar-refractivity contribution is 5.94. The molecule has 0 amide bonds. The maximum atomic E-state index is 12.4. The van der Waals surface area contributed by atoms with Gasteiger partial charge in [0.25, 0.3) is 0 Å². The fourth-order valence-corrected chi connectivity index (χ4v) is 3.53. The molecule has 1 aliphatic carbocycles. The quantitative estimate of drug-likeness (QED) is 0.273. The number of carbonyl (C=O) groups excluding carboxylic acids is 2. The molecule has 0 aromatic heterocycles. The standard InChI is InChI=1S/C21H34O3/c1-4-6-7-8-9-10-11-12-14-24-21(23)20-17(3)15-19(22)16-18(20)13-5-2/h4,15,18,20H,1,5-14,16H2,2-3H3. The maximum absolute atomic E-state index is 12.4. The van der Waals surface area contributed by atoms with Crippen molar-refractivity contribution in [2.75, 3.05) is 6.61 Å². The number of unbranched alkanes of at least 4 members (excludes halogenated alkanes) is 6. The van der Waals surface area contributed by atoms with Gasteiger partial charge >= 0.3 is 5.97 Å². The molecule has 0 N–H and O–H groups in total. The van der Waals surface area contributed by atoms with Crippen LogP contribution in [-0.2, 0) is 14.3 Å². The summed E-state index contributed by atoms with van der Waals surface area (Å²) in [6.07, 6.45) is 14.0. The van der Waals surface area contributed by atoms with Crippen LogP contribution < -0.4 is 0 Å². The van der Waals surface area contributed by atoms with Gasteiger partial charge in [0.15, 0.2) is 5.78 Å². The van der Waals surface area contributed by atoms with Gasteiger partial charge in [0.2, 0.25) is 0 Å². The Morgan fingerprint density at radius 1 is 1.25 bits per heavy atom. The first kappa shape index (κ1) is 20.7. The number of ketones is 1. The molecule has 0 aromatic carbocycles. The van der Waals surface area contributed by atoms with E-state index in [9.17, 15) is 9.59 Å². The Morgan fingerprint density at radius 2 is 1.92 bits per heavy atom. The van der Waals surface area contributed by atoms with Crippen molar-refractivity contribution in [1.29, 1.82) is 0 Å². The molecule has 0 heterocycles. The van der Waals surface area contributed by atoms with Crippen molar-refractivity contribution in [1.82, 2.24) is 0 Å². The second-order valence-electron chi connectivity index (χ2n) is 6.95. The Labute approximate surface area is 147 Å². The van der Waals surface area contributed by atoms with Crippen LogP contribution >= 0.6 is 0 Å². The van der Waals surface area contributed by atoms with E-state index in [2.05, 4.69) is 13.5 Å². The molecule has 3 nitrogen and oxygen atoms in total. The van der Waals surface area contributed by atoms with Crippen LogP contribution in [0.5, 0.6) is 0 Å². The highest BCUT2D eigenvalue weighted by Gasteiger charge is 2.35. The second-order valence-corrected chi connectivity index (χ2v) is 6.95. The fraction of sp³-hybridized carbons (Fsp3) is 0.714. The zero-order chi connectivity index (χ0) is 17.8. The fourth-order valence-electron chi connectivity index (χ4n) is 3.53. The zero-order valence-electron chi connectivity index (χ0n) is 15.5. The number of hydrogen-bond acceptors (Lipinski definition) is 3. The van der Waals surface area contributed by atoms with Crippen LogP contribution in [-0.4, -0.2) is 18.4 Å². The Morgan fingerprint density at radius 3 is 2.58 bits per heavy atom. The average Bonchev–Trinajstić information content (AvgIpc) is 2.53. The number of esters is 1. The maximum Gasteiger partial charge on any atom is 0.313 e. The predicted molar refractivity (Wildman–Crippen MR) is 98.7 cm³/mol. The summed E-state index contributed by atoms with van der Waals surface area (Å²) >= 11 is 0. The van der Waals surface area contributed by atoms with Crippen LogP contribution in [0, 0.1) is 11.8 Å². The Hall–Kier alpha value is -1.38. The number of carbonyl (C=O) groups is 2. The van der Waals surface area contributed by atoms with E-state index in [0.29, 0.717) is 13.0 Å². The molecule has 24 heavy (non-hydrogen) atoms. The van der Waals surface area contributed by atoms with E-state index in [-0.39, 0.29) is 23.6 Å². The van der Waals surface area contributed by atoms with E-state index in [4.69, 9.17) is 4.74 Å². The molecule has 136 valence electrons. The molecule has 0 aromatic rings. The van der Waals surface area contributed by atoms with E-state index in [1.165, 1.54) is 25.7 Å². The zero-order valence-corrected chi connectivity index (χ0v) is 15.5. The normalized spacial score (nSPS) is 20.6. The third-order valence-electron chi connectivity index (χ3n) is 4.77. The van der Waals surface area contributed by atoms with Crippen LogP contribution in [0.25, 0.3) is 0 Å². The van der Waals surface area contributed by atoms with Gasteiger partial charge in [0.05, 0.1) is 12.5 Å². The Balaban J connectivity index is 2.26. The number of hydrogen-bond donors (Lipinski definition) is 0. The van der Waals surface area contributed by atoms with Gasteiger partial charge in [-0.1, -0.05) is 50.7 Å². The summed E-state index contributed by atoms with van der Waals surface area (Å²) < 4.78 is 5.50. The van der Waals surface area contributed by atoms with Crippen molar-refractivity contribution >= 4 is 11.8 Å². The first-order valence-corrected chi connectivity index (χ1v) is 9.58. The van der Waals surface area contributed by atoms with E-state index >= 15 is 0 Å². The lowest BCUT2D eigenvalue weighted by Crippen LogP contribution is -2.32. The van der Waals surface area contributed by atoms with Gasteiger partial charge in [-0.25, -0.2) is 0 Å².